The number of halogens is 1. The first-order valence-corrected chi connectivity index (χ1v) is 11.5. The van der Waals surface area contributed by atoms with Crippen molar-refractivity contribution in [2.75, 3.05) is 12.0 Å². The molecule has 2 aromatic heterocycles. The number of rotatable bonds is 5. The predicted molar refractivity (Wildman–Crippen MR) is 136 cm³/mol. The zero-order valence-electron chi connectivity index (χ0n) is 19.2. The van der Waals surface area contributed by atoms with Crippen LogP contribution in [0.1, 0.15) is 34.7 Å². The molecule has 172 valence electrons. The van der Waals surface area contributed by atoms with Crippen LogP contribution >= 0.6 is 12.2 Å². The number of methoxy groups -OCH3 is 1. The zero-order chi connectivity index (χ0) is 23.8. The molecule has 2 aromatic carbocycles. The molecule has 1 aliphatic heterocycles. The number of thiocarbonyl (C=S) groups is 1. The van der Waals surface area contributed by atoms with Gasteiger partial charge >= 0.3 is 0 Å². The van der Waals surface area contributed by atoms with Crippen LogP contribution in [-0.2, 0) is 0 Å². The fraction of sp³-hybridized carbons (Fsp3) is 0.185. The van der Waals surface area contributed by atoms with Crippen LogP contribution in [0, 0.1) is 19.7 Å². The molecule has 1 saturated heterocycles. The highest BCUT2D eigenvalue weighted by Gasteiger charge is 2.42. The number of nitrogens with one attached hydrogen (secondary N) is 1. The molecule has 0 saturated carbocycles. The topological polar surface area (TPSA) is 42.3 Å². The van der Waals surface area contributed by atoms with Crippen molar-refractivity contribution in [1.82, 2.24) is 14.9 Å². The van der Waals surface area contributed by atoms with Crippen LogP contribution in [0.4, 0.5) is 10.1 Å². The third-order valence-corrected chi connectivity index (χ3v) is 6.62. The fourth-order valence-corrected chi connectivity index (χ4v) is 5.13. The van der Waals surface area contributed by atoms with E-state index >= 15 is 0 Å². The second-order valence-electron chi connectivity index (χ2n) is 8.34. The first kappa shape index (κ1) is 22.1. The van der Waals surface area contributed by atoms with E-state index in [9.17, 15) is 4.39 Å². The normalized spacial score (nSPS) is 17.6. The van der Waals surface area contributed by atoms with Crippen molar-refractivity contribution in [1.29, 1.82) is 0 Å². The van der Waals surface area contributed by atoms with Crippen molar-refractivity contribution in [2.45, 2.75) is 25.9 Å². The molecule has 1 fully saturated rings. The second-order valence-corrected chi connectivity index (χ2v) is 8.72. The van der Waals surface area contributed by atoms with E-state index in [2.05, 4.69) is 45.7 Å². The lowest BCUT2D eigenvalue weighted by molar-refractivity contribution is 0.414. The quantitative estimate of drug-likeness (QED) is 0.371. The first-order valence-electron chi connectivity index (χ1n) is 11.1. The maximum absolute atomic E-state index is 13.7. The molecule has 1 aliphatic rings. The molecule has 5 nitrogen and oxygen atoms in total. The number of hydrogen-bond acceptors (Lipinski definition) is 3. The molecular formula is C27H25FN4OS. The Morgan fingerprint density at radius 1 is 0.971 bits per heavy atom. The zero-order valence-corrected chi connectivity index (χ0v) is 20.0. The Hall–Kier alpha value is -3.71. The summed E-state index contributed by atoms with van der Waals surface area (Å²) >= 11 is 5.79. The van der Waals surface area contributed by atoms with Crippen LogP contribution in [0.25, 0.3) is 5.69 Å². The Morgan fingerprint density at radius 2 is 1.76 bits per heavy atom. The van der Waals surface area contributed by atoms with E-state index in [-0.39, 0.29) is 17.9 Å². The Bertz CT molecular complexity index is 1340. The minimum absolute atomic E-state index is 0.168. The average molecular weight is 473 g/mol. The lowest BCUT2D eigenvalue weighted by atomic mass is 9.96. The minimum Gasteiger partial charge on any atom is -0.497 e. The highest BCUT2D eigenvalue weighted by atomic mass is 32.1. The van der Waals surface area contributed by atoms with E-state index in [4.69, 9.17) is 17.0 Å². The van der Waals surface area contributed by atoms with E-state index in [1.807, 2.05) is 36.4 Å². The summed E-state index contributed by atoms with van der Waals surface area (Å²) in [5.74, 6) is 0.519. The van der Waals surface area contributed by atoms with Crippen molar-refractivity contribution < 1.29 is 9.13 Å². The van der Waals surface area contributed by atoms with Gasteiger partial charge in [-0.1, -0.05) is 12.1 Å². The molecule has 0 aliphatic carbocycles. The van der Waals surface area contributed by atoms with Crippen molar-refractivity contribution in [2.24, 2.45) is 0 Å². The van der Waals surface area contributed by atoms with Crippen LogP contribution in [0.5, 0.6) is 5.75 Å². The highest BCUT2D eigenvalue weighted by molar-refractivity contribution is 7.80. The van der Waals surface area contributed by atoms with Gasteiger partial charge < -0.3 is 19.5 Å². The maximum atomic E-state index is 13.7. The number of ether oxygens (including phenoxy) is 1. The predicted octanol–water partition coefficient (Wildman–Crippen LogP) is 5.81. The SMILES string of the molecule is COc1cccc(-n2c(C)cc([C@@H]3[C@H](c4ccccn4)NC(=S)N3c3ccc(F)cc3)c2C)c1. The van der Waals surface area contributed by atoms with Gasteiger partial charge in [-0.15, -0.1) is 0 Å². The monoisotopic (exact) mass is 472 g/mol. The number of nitrogens with zero attached hydrogens (tertiary/aromatic N) is 3. The van der Waals surface area contributed by atoms with E-state index in [1.165, 1.54) is 12.1 Å². The molecule has 7 heteroatoms. The van der Waals surface area contributed by atoms with Crippen LogP contribution < -0.4 is 15.0 Å². The molecule has 4 aromatic rings. The van der Waals surface area contributed by atoms with Gasteiger partial charge in [0, 0.05) is 35.0 Å². The molecule has 0 amide bonds. The third kappa shape index (κ3) is 3.82. The number of anilines is 1. The average Bonchev–Trinajstić information content (AvgIpc) is 3.35. The number of pyridine rings is 1. The molecule has 0 bridgehead atoms. The summed E-state index contributed by atoms with van der Waals surface area (Å²) < 4.78 is 21.4. The van der Waals surface area contributed by atoms with Gasteiger partial charge in [0.1, 0.15) is 11.6 Å². The summed E-state index contributed by atoms with van der Waals surface area (Å²) in [6, 6.07) is 22.2. The standard InChI is InChI=1S/C27H25FN4OS/c1-17-15-23(18(2)31(17)21-7-6-8-22(16-21)33-3)26-25(24-9-4-5-14-29-24)30-27(34)32(26)20-12-10-19(28)11-13-20/h4-16,25-26H,1-3H3,(H,30,34)/t25-,26+/m0/s1. The van der Waals surface area contributed by atoms with Crippen LogP contribution in [0.3, 0.4) is 0 Å². The number of aromatic nitrogens is 2. The van der Waals surface area contributed by atoms with Crippen molar-refractivity contribution >= 4 is 23.0 Å². The van der Waals surface area contributed by atoms with Gasteiger partial charge in [0.25, 0.3) is 0 Å². The minimum atomic E-state index is -0.282. The summed E-state index contributed by atoms with van der Waals surface area (Å²) in [6.07, 6.45) is 1.79. The number of benzene rings is 2. The number of aryl methyl sites for hydroxylation is 1. The first-order chi connectivity index (χ1) is 16.5. The molecule has 1 N–H and O–H groups in total. The molecule has 0 spiro atoms. The van der Waals surface area contributed by atoms with E-state index in [1.54, 1.807) is 25.4 Å². The van der Waals surface area contributed by atoms with Gasteiger partial charge in [0.2, 0.25) is 0 Å². The highest BCUT2D eigenvalue weighted by Crippen LogP contribution is 2.43. The summed E-state index contributed by atoms with van der Waals surface area (Å²) in [6.45, 7) is 4.20. The van der Waals surface area contributed by atoms with Gasteiger partial charge in [-0.3, -0.25) is 4.98 Å². The second kappa shape index (κ2) is 8.91. The number of hydrogen-bond donors (Lipinski definition) is 1. The maximum Gasteiger partial charge on any atom is 0.174 e. The summed E-state index contributed by atoms with van der Waals surface area (Å²) in [4.78, 5) is 6.68. The molecule has 0 unspecified atom stereocenters. The van der Waals surface area contributed by atoms with Crippen molar-refractivity contribution in [3.05, 3.63) is 107 Å². The molecule has 34 heavy (non-hydrogen) atoms. The Balaban J connectivity index is 1.67. The Kier molecular flexibility index (Phi) is 5.79. The van der Waals surface area contributed by atoms with Crippen LogP contribution in [0.15, 0.2) is 79.0 Å². The molecule has 5 rings (SSSR count). The van der Waals surface area contributed by atoms with E-state index in [0.29, 0.717) is 5.11 Å². The Labute approximate surface area is 203 Å². The summed E-state index contributed by atoms with van der Waals surface area (Å²) in [5.41, 5.74) is 6.05. The van der Waals surface area contributed by atoms with Gasteiger partial charge in [-0.2, -0.15) is 0 Å². The lowest BCUT2D eigenvalue weighted by Crippen LogP contribution is -2.29. The summed E-state index contributed by atoms with van der Waals surface area (Å²) in [7, 11) is 1.67. The van der Waals surface area contributed by atoms with Crippen molar-refractivity contribution in [3.8, 4) is 11.4 Å². The van der Waals surface area contributed by atoms with Crippen LogP contribution in [0.2, 0.25) is 0 Å². The largest absolute Gasteiger partial charge is 0.497 e. The summed E-state index contributed by atoms with van der Waals surface area (Å²) in [5, 5.41) is 4.05. The van der Waals surface area contributed by atoms with E-state index < -0.39 is 0 Å². The fourth-order valence-electron chi connectivity index (χ4n) is 4.78. The smallest absolute Gasteiger partial charge is 0.174 e. The van der Waals surface area contributed by atoms with Gasteiger partial charge in [-0.05, 0) is 86.2 Å². The van der Waals surface area contributed by atoms with Gasteiger partial charge in [0.05, 0.1) is 24.9 Å². The van der Waals surface area contributed by atoms with Crippen molar-refractivity contribution in [3.63, 3.8) is 0 Å². The molecule has 3 heterocycles. The lowest BCUT2D eigenvalue weighted by Gasteiger charge is -2.28. The molecular weight excluding hydrogens is 447 g/mol. The van der Waals surface area contributed by atoms with Gasteiger partial charge in [0.15, 0.2) is 5.11 Å². The van der Waals surface area contributed by atoms with Gasteiger partial charge in [-0.25, -0.2) is 4.39 Å². The third-order valence-electron chi connectivity index (χ3n) is 6.30. The van der Waals surface area contributed by atoms with E-state index in [0.717, 1.165) is 39.8 Å². The molecule has 0 radical (unpaired) electrons. The van der Waals surface area contributed by atoms with Crippen LogP contribution in [-0.4, -0.2) is 21.8 Å². The molecule has 2 atom stereocenters. The Morgan fingerprint density at radius 3 is 2.47 bits per heavy atom.